The SMILES string of the molecule is Cn1nnc(Br)c1S(=O)(=O)NCC1(C(=O)O)CCC1. The van der Waals surface area contributed by atoms with Crippen molar-refractivity contribution in [1.82, 2.24) is 19.7 Å². The van der Waals surface area contributed by atoms with Crippen molar-refractivity contribution in [2.75, 3.05) is 6.54 Å². The summed E-state index contributed by atoms with van der Waals surface area (Å²) in [5.41, 5.74) is -0.981. The molecule has 8 nitrogen and oxygen atoms in total. The molecule has 1 aromatic rings. The monoisotopic (exact) mass is 352 g/mol. The largest absolute Gasteiger partial charge is 0.481 e. The highest BCUT2D eigenvalue weighted by Gasteiger charge is 2.45. The van der Waals surface area contributed by atoms with Crippen LogP contribution in [0.15, 0.2) is 9.63 Å². The first-order valence-electron chi connectivity index (χ1n) is 5.57. The number of carbonyl (C=O) groups is 1. The van der Waals surface area contributed by atoms with E-state index >= 15 is 0 Å². The number of carboxylic acid groups (broad SMARTS) is 1. The smallest absolute Gasteiger partial charge is 0.310 e. The molecule has 0 aliphatic heterocycles. The lowest BCUT2D eigenvalue weighted by atomic mass is 9.69. The Hall–Kier alpha value is -1.00. The van der Waals surface area contributed by atoms with Gasteiger partial charge in [0.25, 0.3) is 10.0 Å². The molecule has 2 rings (SSSR count). The molecular formula is C9H13BrN4O4S. The quantitative estimate of drug-likeness (QED) is 0.777. The standard InChI is InChI=1S/C9H13BrN4O4S/c1-14-7(6(10)12-13-14)19(17,18)11-5-9(8(15)16)3-2-4-9/h11H,2-5H2,1H3,(H,15,16). The van der Waals surface area contributed by atoms with E-state index in [1.807, 2.05) is 0 Å². The number of carboxylic acids is 1. The fraction of sp³-hybridized carbons (Fsp3) is 0.667. The number of aliphatic carboxylic acids is 1. The molecular weight excluding hydrogens is 340 g/mol. The van der Waals surface area contributed by atoms with Gasteiger partial charge in [-0.3, -0.25) is 4.79 Å². The Morgan fingerprint density at radius 3 is 2.58 bits per heavy atom. The van der Waals surface area contributed by atoms with Crippen molar-refractivity contribution in [3.63, 3.8) is 0 Å². The molecule has 2 N–H and O–H groups in total. The Morgan fingerprint density at radius 2 is 2.21 bits per heavy atom. The molecule has 0 amide bonds. The van der Waals surface area contributed by atoms with Crippen LogP contribution in [-0.4, -0.2) is 41.0 Å². The van der Waals surface area contributed by atoms with E-state index in [0.29, 0.717) is 12.8 Å². The molecule has 1 heterocycles. The van der Waals surface area contributed by atoms with Crippen LogP contribution in [0.1, 0.15) is 19.3 Å². The molecule has 0 spiro atoms. The fourth-order valence-corrected chi connectivity index (χ4v) is 4.20. The number of aromatic nitrogens is 3. The summed E-state index contributed by atoms with van der Waals surface area (Å²) in [5, 5.41) is 16.2. The molecule has 1 aliphatic rings. The van der Waals surface area contributed by atoms with Crippen molar-refractivity contribution in [3.05, 3.63) is 4.60 Å². The van der Waals surface area contributed by atoms with Crippen LogP contribution in [0, 0.1) is 5.41 Å². The minimum Gasteiger partial charge on any atom is -0.481 e. The molecule has 106 valence electrons. The van der Waals surface area contributed by atoms with Crippen molar-refractivity contribution in [1.29, 1.82) is 0 Å². The molecule has 1 aliphatic carbocycles. The van der Waals surface area contributed by atoms with Crippen molar-refractivity contribution in [2.45, 2.75) is 24.3 Å². The summed E-state index contributed by atoms with van der Waals surface area (Å²) in [5.74, 6) is -0.969. The van der Waals surface area contributed by atoms with E-state index in [4.69, 9.17) is 5.11 Å². The maximum Gasteiger partial charge on any atom is 0.310 e. The maximum atomic E-state index is 12.1. The van der Waals surface area contributed by atoms with Crippen molar-refractivity contribution in [2.24, 2.45) is 12.5 Å². The second kappa shape index (κ2) is 4.84. The van der Waals surface area contributed by atoms with Crippen LogP contribution in [0.2, 0.25) is 0 Å². The average molecular weight is 353 g/mol. The van der Waals surface area contributed by atoms with E-state index in [1.54, 1.807) is 0 Å². The molecule has 0 aromatic carbocycles. The highest BCUT2D eigenvalue weighted by Crippen LogP contribution is 2.40. The van der Waals surface area contributed by atoms with Gasteiger partial charge in [-0.25, -0.2) is 17.8 Å². The summed E-state index contributed by atoms with van der Waals surface area (Å²) in [4.78, 5) is 11.2. The number of hydrogen-bond donors (Lipinski definition) is 2. The van der Waals surface area contributed by atoms with Gasteiger partial charge < -0.3 is 5.11 Å². The van der Waals surface area contributed by atoms with Crippen LogP contribution >= 0.6 is 15.9 Å². The van der Waals surface area contributed by atoms with Gasteiger partial charge in [0.2, 0.25) is 5.03 Å². The zero-order chi connectivity index (χ0) is 14.3. The molecule has 19 heavy (non-hydrogen) atoms. The second-order valence-corrected chi connectivity index (χ2v) is 7.01. The zero-order valence-electron chi connectivity index (χ0n) is 10.1. The zero-order valence-corrected chi connectivity index (χ0v) is 12.5. The third-order valence-electron chi connectivity index (χ3n) is 3.36. The van der Waals surface area contributed by atoms with E-state index < -0.39 is 21.4 Å². The van der Waals surface area contributed by atoms with Crippen LogP contribution in [0.5, 0.6) is 0 Å². The lowest BCUT2D eigenvalue weighted by molar-refractivity contribution is -0.153. The summed E-state index contributed by atoms with van der Waals surface area (Å²) < 4.78 is 27.8. The molecule has 1 saturated carbocycles. The number of aryl methyl sites for hydroxylation is 1. The molecule has 0 saturated heterocycles. The molecule has 1 aromatic heterocycles. The van der Waals surface area contributed by atoms with Gasteiger partial charge in [0.1, 0.15) is 0 Å². The van der Waals surface area contributed by atoms with Gasteiger partial charge in [-0.1, -0.05) is 11.6 Å². The highest BCUT2D eigenvalue weighted by molar-refractivity contribution is 9.10. The summed E-state index contributed by atoms with van der Waals surface area (Å²) >= 11 is 3.00. The number of halogens is 1. The first-order chi connectivity index (χ1) is 8.78. The predicted molar refractivity (Wildman–Crippen MR) is 67.8 cm³/mol. The van der Waals surface area contributed by atoms with Gasteiger partial charge in [-0.05, 0) is 28.8 Å². The minimum absolute atomic E-state index is 0.0977. The Balaban J connectivity index is 2.17. The number of rotatable bonds is 5. The lowest BCUT2D eigenvalue weighted by Gasteiger charge is -2.37. The van der Waals surface area contributed by atoms with Gasteiger partial charge in [-0.2, -0.15) is 0 Å². The molecule has 10 heteroatoms. The molecule has 0 unspecified atom stereocenters. The number of sulfonamides is 1. The normalized spacial score (nSPS) is 18.0. The Labute approximate surface area is 118 Å². The number of nitrogens with one attached hydrogen (secondary N) is 1. The van der Waals surface area contributed by atoms with Crippen LogP contribution in [-0.2, 0) is 21.9 Å². The summed E-state index contributed by atoms with van der Waals surface area (Å²) in [6.45, 7) is -0.123. The fourth-order valence-electron chi connectivity index (χ4n) is 1.98. The third kappa shape index (κ3) is 2.51. The first-order valence-corrected chi connectivity index (χ1v) is 7.84. The molecule has 0 radical (unpaired) electrons. The van der Waals surface area contributed by atoms with Gasteiger partial charge >= 0.3 is 5.97 Å². The van der Waals surface area contributed by atoms with E-state index in [-0.39, 0.29) is 16.2 Å². The molecule has 0 atom stereocenters. The Bertz CT molecular complexity index is 588. The van der Waals surface area contributed by atoms with Crippen molar-refractivity contribution >= 4 is 31.9 Å². The third-order valence-corrected chi connectivity index (χ3v) is 5.64. The van der Waals surface area contributed by atoms with E-state index in [0.717, 1.165) is 11.1 Å². The van der Waals surface area contributed by atoms with E-state index in [9.17, 15) is 13.2 Å². The van der Waals surface area contributed by atoms with E-state index in [1.165, 1.54) is 7.05 Å². The topological polar surface area (TPSA) is 114 Å². The Morgan fingerprint density at radius 1 is 1.58 bits per heavy atom. The number of hydrogen-bond acceptors (Lipinski definition) is 5. The molecule has 0 bridgehead atoms. The van der Waals surface area contributed by atoms with Gasteiger partial charge in [-0.15, -0.1) is 5.10 Å². The first kappa shape index (κ1) is 14.4. The Kier molecular flexibility index (Phi) is 3.67. The summed E-state index contributed by atoms with van der Waals surface area (Å²) in [6.07, 6.45) is 1.76. The summed E-state index contributed by atoms with van der Waals surface area (Å²) in [6, 6.07) is 0. The lowest BCUT2D eigenvalue weighted by Crippen LogP contribution is -2.47. The minimum atomic E-state index is -3.84. The van der Waals surface area contributed by atoms with Gasteiger partial charge in [0, 0.05) is 13.6 Å². The summed E-state index contributed by atoms with van der Waals surface area (Å²) in [7, 11) is -2.40. The van der Waals surface area contributed by atoms with Crippen LogP contribution in [0.3, 0.4) is 0 Å². The molecule has 1 fully saturated rings. The van der Waals surface area contributed by atoms with Crippen LogP contribution < -0.4 is 4.72 Å². The van der Waals surface area contributed by atoms with Gasteiger partial charge in [0.15, 0.2) is 4.60 Å². The predicted octanol–water partition coefficient (Wildman–Crippen LogP) is 0.111. The highest BCUT2D eigenvalue weighted by atomic mass is 79.9. The van der Waals surface area contributed by atoms with Crippen molar-refractivity contribution < 1.29 is 18.3 Å². The number of nitrogens with zero attached hydrogens (tertiary/aromatic N) is 3. The van der Waals surface area contributed by atoms with Gasteiger partial charge in [0.05, 0.1) is 5.41 Å². The van der Waals surface area contributed by atoms with Crippen molar-refractivity contribution in [3.8, 4) is 0 Å². The van der Waals surface area contributed by atoms with Crippen LogP contribution in [0.25, 0.3) is 0 Å². The van der Waals surface area contributed by atoms with E-state index in [2.05, 4.69) is 31.0 Å². The van der Waals surface area contributed by atoms with Crippen LogP contribution in [0.4, 0.5) is 0 Å². The average Bonchev–Trinajstić information content (AvgIpc) is 2.56. The maximum absolute atomic E-state index is 12.1. The second-order valence-electron chi connectivity index (χ2n) is 4.57.